The molecule has 1 rings (SSSR count). The van der Waals surface area contributed by atoms with Crippen molar-refractivity contribution in [2.45, 2.75) is 44.7 Å². The highest BCUT2D eigenvalue weighted by Crippen LogP contribution is 2.22. The maximum absolute atomic E-state index is 11.6. The standard InChI is InChI=1S/C11H19NO4/c1-3-8(10(13)14)12-7-5-4-6-9(12)11(15)16-2/h8-9H,3-7H2,1-2H3,(H,13,14). The van der Waals surface area contributed by atoms with E-state index in [1.807, 2.05) is 6.92 Å². The highest BCUT2D eigenvalue weighted by atomic mass is 16.5. The van der Waals surface area contributed by atoms with Gasteiger partial charge in [-0.05, 0) is 25.8 Å². The van der Waals surface area contributed by atoms with Crippen molar-refractivity contribution in [1.82, 2.24) is 4.90 Å². The van der Waals surface area contributed by atoms with E-state index in [0.717, 1.165) is 12.8 Å². The van der Waals surface area contributed by atoms with Crippen molar-refractivity contribution in [3.8, 4) is 0 Å². The summed E-state index contributed by atoms with van der Waals surface area (Å²) < 4.78 is 4.72. The Morgan fingerprint density at radius 2 is 2.19 bits per heavy atom. The average molecular weight is 229 g/mol. The van der Waals surface area contributed by atoms with Crippen LogP contribution in [-0.2, 0) is 14.3 Å². The van der Waals surface area contributed by atoms with E-state index >= 15 is 0 Å². The number of carbonyl (C=O) groups excluding carboxylic acids is 1. The van der Waals surface area contributed by atoms with E-state index in [-0.39, 0.29) is 12.0 Å². The number of likely N-dealkylation sites (tertiary alicyclic amines) is 1. The second-order valence-corrected chi connectivity index (χ2v) is 4.03. The Morgan fingerprint density at radius 1 is 1.50 bits per heavy atom. The molecule has 0 spiro atoms. The molecule has 0 radical (unpaired) electrons. The second-order valence-electron chi connectivity index (χ2n) is 4.03. The van der Waals surface area contributed by atoms with Crippen LogP contribution in [0.4, 0.5) is 0 Å². The third-order valence-corrected chi connectivity index (χ3v) is 3.09. The number of carboxylic acid groups (broad SMARTS) is 1. The summed E-state index contributed by atoms with van der Waals surface area (Å²) in [4.78, 5) is 24.4. The van der Waals surface area contributed by atoms with Crippen LogP contribution in [0.3, 0.4) is 0 Å². The van der Waals surface area contributed by atoms with Crippen LogP contribution in [-0.4, -0.2) is 47.7 Å². The lowest BCUT2D eigenvalue weighted by atomic mass is 9.99. The van der Waals surface area contributed by atoms with Crippen LogP contribution in [0, 0.1) is 0 Å². The summed E-state index contributed by atoms with van der Waals surface area (Å²) in [7, 11) is 1.34. The highest BCUT2D eigenvalue weighted by molar-refractivity contribution is 5.78. The molecule has 16 heavy (non-hydrogen) atoms. The van der Waals surface area contributed by atoms with Gasteiger partial charge in [0.15, 0.2) is 0 Å². The first kappa shape index (κ1) is 13.0. The summed E-state index contributed by atoms with van der Waals surface area (Å²) in [6, 6.07) is -0.968. The van der Waals surface area contributed by atoms with Gasteiger partial charge in [0.25, 0.3) is 0 Å². The number of hydrogen-bond acceptors (Lipinski definition) is 4. The summed E-state index contributed by atoms with van der Waals surface area (Å²) in [5, 5.41) is 9.10. The van der Waals surface area contributed by atoms with Gasteiger partial charge >= 0.3 is 11.9 Å². The lowest BCUT2D eigenvalue weighted by Gasteiger charge is -2.37. The number of aliphatic carboxylic acids is 1. The molecule has 92 valence electrons. The molecule has 0 aromatic carbocycles. The van der Waals surface area contributed by atoms with Crippen molar-refractivity contribution in [2.24, 2.45) is 0 Å². The lowest BCUT2D eigenvalue weighted by molar-refractivity contribution is -0.154. The SMILES string of the molecule is CCC(C(=O)O)N1CCCCC1C(=O)OC. The molecule has 0 aromatic rings. The first-order valence-corrected chi connectivity index (χ1v) is 5.68. The van der Waals surface area contributed by atoms with Crippen molar-refractivity contribution < 1.29 is 19.4 Å². The first-order valence-electron chi connectivity index (χ1n) is 5.68. The second kappa shape index (κ2) is 5.84. The van der Waals surface area contributed by atoms with E-state index in [1.165, 1.54) is 7.11 Å². The van der Waals surface area contributed by atoms with E-state index in [1.54, 1.807) is 4.90 Å². The Balaban J connectivity index is 2.80. The van der Waals surface area contributed by atoms with Gasteiger partial charge < -0.3 is 9.84 Å². The summed E-state index contributed by atoms with van der Waals surface area (Å²) in [5.74, 6) is -1.18. The molecular formula is C11H19NO4. The van der Waals surface area contributed by atoms with Gasteiger partial charge in [-0.25, -0.2) is 0 Å². The van der Waals surface area contributed by atoms with Crippen LogP contribution in [0.15, 0.2) is 0 Å². The predicted molar refractivity (Wildman–Crippen MR) is 58.1 cm³/mol. The van der Waals surface area contributed by atoms with Gasteiger partial charge in [0.2, 0.25) is 0 Å². The molecule has 5 heteroatoms. The third kappa shape index (κ3) is 2.72. The van der Waals surface area contributed by atoms with Gasteiger partial charge in [-0.2, -0.15) is 0 Å². The summed E-state index contributed by atoms with van der Waals surface area (Å²) >= 11 is 0. The molecule has 1 aliphatic rings. The molecule has 0 aliphatic carbocycles. The van der Waals surface area contributed by atoms with E-state index in [4.69, 9.17) is 9.84 Å². The smallest absolute Gasteiger partial charge is 0.323 e. The van der Waals surface area contributed by atoms with Gasteiger partial charge in [0.1, 0.15) is 12.1 Å². The fourth-order valence-electron chi connectivity index (χ4n) is 2.27. The lowest BCUT2D eigenvalue weighted by Crippen LogP contribution is -2.53. The molecule has 5 nitrogen and oxygen atoms in total. The largest absolute Gasteiger partial charge is 0.480 e. The van der Waals surface area contributed by atoms with Gasteiger partial charge in [-0.3, -0.25) is 14.5 Å². The molecule has 1 heterocycles. The van der Waals surface area contributed by atoms with Crippen LogP contribution in [0.5, 0.6) is 0 Å². The number of nitrogens with zero attached hydrogens (tertiary/aromatic N) is 1. The topological polar surface area (TPSA) is 66.8 Å². The molecular weight excluding hydrogens is 210 g/mol. The summed E-state index contributed by atoms with van der Waals surface area (Å²) in [6.07, 6.45) is 3.09. The van der Waals surface area contributed by atoms with Crippen molar-refractivity contribution in [3.63, 3.8) is 0 Å². The van der Waals surface area contributed by atoms with Crippen molar-refractivity contribution in [1.29, 1.82) is 0 Å². The number of piperidine rings is 1. The van der Waals surface area contributed by atoms with E-state index < -0.39 is 12.0 Å². The Hall–Kier alpha value is -1.10. The maximum Gasteiger partial charge on any atom is 0.323 e. The number of rotatable bonds is 4. The normalized spacial score (nSPS) is 23.8. The summed E-state index contributed by atoms with van der Waals surface area (Å²) in [6.45, 7) is 2.48. The van der Waals surface area contributed by atoms with Gasteiger partial charge in [0, 0.05) is 0 Å². The summed E-state index contributed by atoms with van der Waals surface area (Å²) in [5.41, 5.74) is 0. The number of carbonyl (C=O) groups is 2. The average Bonchev–Trinajstić information content (AvgIpc) is 2.29. The minimum atomic E-state index is -0.863. The number of esters is 1. The highest BCUT2D eigenvalue weighted by Gasteiger charge is 2.36. The van der Waals surface area contributed by atoms with Crippen molar-refractivity contribution >= 4 is 11.9 Å². The van der Waals surface area contributed by atoms with E-state index in [9.17, 15) is 9.59 Å². The monoisotopic (exact) mass is 229 g/mol. The molecule has 1 saturated heterocycles. The Bertz CT molecular complexity index is 267. The van der Waals surface area contributed by atoms with Crippen LogP contribution in [0.1, 0.15) is 32.6 Å². The quantitative estimate of drug-likeness (QED) is 0.725. The molecule has 0 bridgehead atoms. The van der Waals surface area contributed by atoms with Crippen LogP contribution >= 0.6 is 0 Å². The van der Waals surface area contributed by atoms with Crippen LogP contribution < -0.4 is 0 Å². The predicted octanol–water partition coefficient (Wildman–Crippen LogP) is 0.877. The molecule has 1 aliphatic heterocycles. The van der Waals surface area contributed by atoms with Gasteiger partial charge in [0.05, 0.1) is 7.11 Å². The van der Waals surface area contributed by atoms with Crippen LogP contribution in [0.25, 0.3) is 0 Å². The Kier molecular flexibility index (Phi) is 4.73. The minimum Gasteiger partial charge on any atom is -0.480 e. The van der Waals surface area contributed by atoms with Gasteiger partial charge in [-0.15, -0.1) is 0 Å². The molecule has 0 amide bonds. The number of methoxy groups -OCH3 is 1. The zero-order valence-corrected chi connectivity index (χ0v) is 9.81. The molecule has 0 saturated carbocycles. The number of carboxylic acids is 1. The van der Waals surface area contributed by atoms with E-state index in [2.05, 4.69) is 0 Å². The molecule has 2 atom stereocenters. The Morgan fingerprint density at radius 3 is 2.69 bits per heavy atom. The minimum absolute atomic E-state index is 0.320. The van der Waals surface area contributed by atoms with Crippen molar-refractivity contribution in [3.05, 3.63) is 0 Å². The number of hydrogen-bond donors (Lipinski definition) is 1. The van der Waals surface area contributed by atoms with Crippen LogP contribution in [0.2, 0.25) is 0 Å². The third-order valence-electron chi connectivity index (χ3n) is 3.09. The van der Waals surface area contributed by atoms with E-state index in [0.29, 0.717) is 19.4 Å². The Labute approximate surface area is 95.4 Å². The zero-order chi connectivity index (χ0) is 12.1. The molecule has 0 aromatic heterocycles. The van der Waals surface area contributed by atoms with Gasteiger partial charge in [-0.1, -0.05) is 13.3 Å². The first-order chi connectivity index (χ1) is 7.61. The fourth-order valence-corrected chi connectivity index (χ4v) is 2.27. The maximum atomic E-state index is 11.6. The molecule has 2 unspecified atom stereocenters. The van der Waals surface area contributed by atoms with Crippen molar-refractivity contribution in [2.75, 3.05) is 13.7 Å². The molecule has 1 N–H and O–H groups in total. The number of ether oxygens (including phenoxy) is 1. The molecule has 1 fully saturated rings. The fraction of sp³-hybridized carbons (Fsp3) is 0.818. The zero-order valence-electron chi connectivity index (χ0n) is 9.81.